The van der Waals surface area contributed by atoms with Gasteiger partial charge >= 0.3 is 0 Å². The predicted molar refractivity (Wildman–Crippen MR) is 83.9 cm³/mol. The molecule has 0 radical (unpaired) electrons. The van der Waals surface area contributed by atoms with Crippen molar-refractivity contribution in [3.63, 3.8) is 0 Å². The van der Waals surface area contributed by atoms with Crippen LogP contribution in [0.5, 0.6) is 17.2 Å². The fourth-order valence-electron chi connectivity index (χ4n) is 2.95. The highest BCUT2D eigenvalue weighted by atomic mass is 19.3. The van der Waals surface area contributed by atoms with Crippen molar-refractivity contribution in [2.75, 3.05) is 47.5 Å². The van der Waals surface area contributed by atoms with Gasteiger partial charge in [-0.25, -0.2) is 8.78 Å². The maximum absolute atomic E-state index is 13.2. The molecule has 23 heavy (non-hydrogen) atoms. The molecule has 1 aromatic carbocycles. The van der Waals surface area contributed by atoms with Crippen LogP contribution in [0.3, 0.4) is 0 Å². The summed E-state index contributed by atoms with van der Waals surface area (Å²) >= 11 is 0. The predicted octanol–water partition coefficient (Wildman–Crippen LogP) is 2.31. The van der Waals surface area contributed by atoms with Crippen molar-refractivity contribution in [1.29, 1.82) is 0 Å². The molecule has 7 heteroatoms. The molecule has 0 bridgehead atoms. The molecule has 1 saturated heterocycles. The van der Waals surface area contributed by atoms with Gasteiger partial charge in [-0.3, -0.25) is 4.90 Å². The second-order valence-corrected chi connectivity index (χ2v) is 5.38. The third-order valence-corrected chi connectivity index (χ3v) is 4.09. The van der Waals surface area contributed by atoms with Crippen LogP contribution >= 0.6 is 0 Å². The van der Waals surface area contributed by atoms with E-state index in [1.165, 1.54) is 21.3 Å². The van der Waals surface area contributed by atoms with Gasteiger partial charge < -0.3 is 19.5 Å². The van der Waals surface area contributed by atoms with E-state index in [4.69, 9.17) is 14.2 Å². The second-order valence-electron chi connectivity index (χ2n) is 5.38. The zero-order valence-corrected chi connectivity index (χ0v) is 13.8. The number of rotatable bonds is 7. The number of nitrogens with one attached hydrogen (secondary N) is 1. The van der Waals surface area contributed by atoms with Crippen molar-refractivity contribution in [2.45, 2.75) is 18.9 Å². The number of piperazine rings is 1. The van der Waals surface area contributed by atoms with E-state index < -0.39 is 12.5 Å². The van der Waals surface area contributed by atoms with Crippen LogP contribution in [0.25, 0.3) is 0 Å². The van der Waals surface area contributed by atoms with Gasteiger partial charge in [0.15, 0.2) is 11.5 Å². The van der Waals surface area contributed by atoms with Crippen molar-refractivity contribution < 1.29 is 23.0 Å². The Bertz CT molecular complexity index is 508. The lowest BCUT2D eigenvalue weighted by molar-refractivity contribution is 0.0728. The van der Waals surface area contributed by atoms with Gasteiger partial charge in [-0.1, -0.05) is 0 Å². The fraction of sp³-hybridized carbons (Fsp3) is 0.625. The Morgan fingerprint density at radius 1 is 1.00 bits per heavy atom. The van der Waals surface area contributed by atoms with Crippen LogP contribution in [0.1, 0.15) is 18.0 Å². The van der Waals surface area contributed by atoms with Crippen molar-refractivity contribution in [2.24, 2.45) is 0 Å². The number of benzene rings is 1. The average molecular weight is 330 g/mol. The van der Waals surface area contributed by atoms with Gasteiger partial charge in [-0.2, -0.15) is 0 Å². The Kier molecular flexibility index (Phi) is 6.41. The summed E-state index contributed by atoms with van der Waals surface area (Å²) in [6, 6.07) is 3.01. The molecule has 0 spiro atoms. The first kappa shape index (κ1) is 17.7. The fourth-order valence-corrected chi connectivity index (χ4v) is 2.95. The quantitative estimate of drug-likeness (QED) is 0.831. The summed E-state index contributed by atoms with van der Waals surface area (Å²) in [4.78, 5) is 2.06. The molecule has 130 valence electrons. The van der Waals surface area contributed by atoms with E-state index in [1.807, 2.05) is 0 Å². The first-order valence-corrected chi connectivity index (χ1v) is 7.63. The number of ether oxygens (including phenoxy) is 3. The highest BCUT2D eigenvalue weighted by Crippen LogP contribution is 2.41. The van der Waals surface area contributed by atoms with Gasteiger partial charge in [-0.15, -0.1) is 0 Å². The van der Waals surface area contributed by atoms with Crippen LogP contribution in [0.4, 0.5) is 8.78 Å². The lowest BCUT2D eigenvalue weighted by atomic mass is 9.99. The minimum absolute atomic E-state index is 0.244. The maximum atomic E-state index is 13.2. The van der Waals surface area contributed by atoms with Gasteiger partial charge in [0.25, 0.3) is 0 Å². The largest absolute Gasteiger partial charge is 0.496 e. The zero-order chi connectivity index (χ0) is 16.8. The summed E-state index contributed by atoms with van der Waals surface area (Å²) in [6.07, 6.45) is -2.64. The summed E-state index contributed by atoms with van der Waals surface area (Å²) < 4.78 is 42.3. The molecule has 0 aliphatic carbocycles. The van der Waals surface area contributed by atoms with Crippen LogP contribution in [0, 0.1) is 0 Å². The maximum Gasteiger partial charge on any atom is 0.240 e. The molecular formula is C16H24F2N2O3. The van der Waals surface area contributed by atoms with Gasteiger partial charge in [0.05, 0.1) is 21.3 Å². The molecule has 5 nitrogen and oxygen atoms in total. The van der Waals surface area contributed by atoms with Gasteiger partial charge in [0.1, 0.15) is 5.75 Å². The molecule has 1 N–H and O–H groups in total. The van der Waals surface area contributed by atoms with Crippen molar-refractivity contribution in [1.82, 2.24) is 10.2 Å². The molecule has 0 amide bonds. The Morgan fingerprint density at radius 3 is 2.09 bits per heavy atom. The zero-order valence-electron chi connectivity index (χ0n) is 13.8. The minimum atomic E-state index is -2.40. The minimum Gasteiger partial charge on any atom is -0.496 e. The number of methoxy groups -OCH3 is 3. The SMILES string of the molecule is COc1cc(OC)c([C@H](CC(F)F)N2CCNCC2)cc1OC. The third-order valence-electron chi connectivity index (χ3n) is 4.09. The molecule has 2 rings (SSSR count). The van der Waals surface area contributed by atoms with Crippen LogP contribution in [0.2, 0.25) is 0 Å². The van der Waals surface area contributed by atoms with Crippen LogP contribution in [0.15, 0.2) is 12.1 Å². The molecule has 1 aromatic rings. The first-order chi connectivity index (χ1) is 11.1. The smallest absolute Gasteiger partial charge is 0.240 e. The standard InChI is InChI=1S/C16H24F2N2O3/c1-21-13-10-15(23-3)14(22-2)8-11(13)12(9-16(17)18)20-6-4-19-5-7-20/h8,10,12,16,19H,4-7,9H2,1-3H3/t12-/m0/s1. The molecule has 1 fully saturated rings. The highest BCUT2D eigenvalue weighted by molar-refractivity contribution is 5.52. The van der Waals surface area contributed by atoms with Crippen LogP contribution in [-0.2, 0) is 0 Å². The van der Waals surface area contributed by atoms with E-state index in [0.717, 1.165) is 26.2 Å². The lowest BCUT2D eigenvalue weighted by Crippen LogP contribution is -2.45. The van der Waals surface area contributed by atoms with E-state index in [9.17, 15) is 8.78 Å². The molecule has 0 unspecified atom stereocenters. The number of alkyl halides is 2. The molecule has 0 aromatic heterocycles. The summed E-state index contributed by atoms with van der Waals surface area (Å²) in [6.45, 7) is 3.01. The molecule has 1 aliphatic rings. The Labute approximate surface area is 135 Å². The lowest BCUT2D eigenvalue weighted by Gasteiger charge is -2.36. The topological polar surface area (TPSA) is 43.0 Å². The first-order valence-electron chi connectivity index (χ1n) is 7.63. The number of halogens is 2. The van der Waals surface area contributed by atoms with E-state index in [0.29, 0.717) is 22.8 Å². The van der Waals surface area contributed by atoms with Crippen molar-refractivity contribution >= 4 is 0 Å². The third kappa shape index (κ3) is 4.23. The summed E-state index contributed by atoms with van der Waals surface area (Å²) in [7, 11) is 4.59. The van der Waals surface area contributed by atoms with Gasteiger partial charge in [0.2, 0.25) is 6.43 Å². The molecule has 0 saturated carbocycles. The molecular weight excluding hydrogens is 306 g/mol. The second kappa shape index (κ2) is 8.31. The van der Waals surface area contributed by atoms with E-state index >= 15 is 0 Å². The van der Waals surface area contributed by atoms with Crippen LogP contribution < -0.4 is 19.5 Å². The Hall–Kier alpha value is -1.60. The molecule has 1 aliphatic heterocycles. The Balaban J connectivity index is 2.42. The molecule has 1 atom stereocenters. The number of hydrogen-bond donors (Lipinski definition) is 1. The summed E-state index contributed by atoms with van der Waals surface area (Å²) in [5.74, 6) is 1.56. The Morgan fingerprint density at radius 2 is 1.57 bits per heavy atom. The highest BCUT2D eigenvalue weighted by Gasteiger charge is 2.29. The van der Waals surface area contributed by atoms with Gasteiger partial charge in [0, 0.05) is 50.3 Å². The molecule has 1 heterocycles. The number of hydrogen-bond acceptors (Lipinski definition) is 5. The average Bonchev–Trinajstić information content (AvgIpc) is 2.59. The van der Waals surface area contributed by atoms with Gasteiger partial charge in [-0.05, 0) is 6.07 Å². The number of nitrogens with zero attached hydrogens (tertiary/aromatic N) is 1. The van der Waals surface area contributed by atoms with Crippen molar-refractivity contribution in [3.05, 3.63) is 17.7 Å². The van der Waals surface area contributed by atoms with E-state index in [1.54, 1.807) is 12.1 Å². The van der Waals surface area contributed by atoms with E-state index in [-0.39, 0.29) is 6.42 Å². The van der Waals surface area contributed by atoms with E-state index in [2.05, 4.69) is 10.2 Å². The summed E-state index contributed by atoms with van der Waals surface area (Å²) in [5, 5.41) is 3.24. The normalized spacial score (nSPS) is 17.1. The van der Waals surface area contributed by atoms with Crippen molar-refractivity contribution in [3.8, 4) is 17.2 Å². The van der Waals surface area contributed by atoms with Crippen LogP contribution in [-0.4, -0.2) is 58.8 Å². The monoisotopic (exact) mass is 330 g/mol. The summed E-state index contributed by atoms with van der Waals surface area (Å²) in [5.41, 5.74) is 0.701.